The van der Waals surface area contributed by atoms with Gasteiger partial charge in [0.1, 0.15) is 6.04 Å². The molecular formula is C24H32N2O5S. The van der Waals surface area contributed by atoms with Gasteiger partial charge in [0.15, 0.2) is 6.10 Å². The standard InChI is InChI=1S/C24H32N2O5S/c1-14-8-7-11-19(15(14)2)25-21(27)16(3)31-24(30)20(12-13-32-4)26-22(28)17-9-5-6-10-18(17)23(26)29/h5-6,9-10,14-16,19-20H,7-8,11-13H2,1-4H3,(H,25,27). The van der Waals surface area contributed by atoms with Crippen LogP contribution in [0.1, 0.15) is 67.2 Å². The summed E-state index contributed by atoms with van der Waals surface area (Å²) < 4.78 is 5.48. The number of rotatable bonds is 8. The molecule has 1 aliphatic carbocycles. The Bertz CT molecular complexity index is 854. The molecule has 2 aliphatic rings. The number of nitrogens with one attached hydrogen (secondary N) is 1. The Morgan fingerprint density at radius 2 is 1.78 bits per heavy atom. The number of thioether (sulfide) groups is 1. The highest BCUT2D eigenvalue weighted by molar-refractivity contribution is 7.98. The molecule has 0 bridgehead atoms. The van der Waals surface area contributed by atoms with Gasteiger partial charge in [0, 0.05) is 6.04 Å². The number of benzene rings is 1. The minimum atomic E-state index is -1.07. The van der Waals surface area contributed by atoms with Gasteiger partial charge in [-0.05, 0) is 55.7 Å². The number of carbonyl (C=O) groups is 4. The molecule has 1 saturated carbocycles. The number of hydrogen-bond donors (Lipinski definition) is 1. The van der Waals surface area contributed by atoms with Crippen molar-refractivity contribution in [2.75, 3.05) is 12.0 Å². The van der Waals surface area contributed by atoms with Crippen LogP contribution in [0.3, 0.4) is 0 Å². The van der Waals surface area contributed by atoms with Crippen molar-refractivity contribution in [2.45, 2.75) is 64.6 Å². The molecule has 1 N–H and O–H groups in total. The van der Waals surface area contributed by atoms with Crippen molar-refractivity contribution < 1.29 is 23.9 Å². The van der Waals surface area contributed by atoms with Crippen LogP contribution in [-0.2, 0) is 14.3 Å². The van der Waals surface area contributed by atoms with E-state index >= 15 is 0 Å². The largest absolute Gasteiger partial charge is 0.451 e. The Kier molecular flexibility index (Phi) is 7.98. The van der Waals surface area contributed by atoms with Gasteiger partial charge >= 0.3 is 5.97 Å². The van der Waals surface area contributed by atoms with Crippen LogP contribution >= 0.6 is 11.8 Å². The van der Waals surface area contributed by atoms with Crippen molar-refractivity contribution in [1.82, 2.24) is 10.2 Å². The lowest BCUT2D eigenvalue weighted by molar-refractivity contribution is -0.159. The fourth-order valence-corrected chi connectivity index (χ4v) is 4.92. The minimum absolute atomic E-state index is 0.0518. The van der Waals surface area contributed by atoms with Crippen LogP contribution in [0.5, 0.6) is 0 Å². The highest BCUT2D eigenvalue weighted by Gasteiger charge is 2.43. The number of imide groups is 1. The number of nitrogens with zero attached hydrogens (tertiary/aromatic N) is 1. The molecule has 1 heterocycles. The van der Waals surface area contributed by atoms with Gasteiger partial charge in [0.05, 0.1) is 11.1 Å². The molecule has 8 heteroatoms. The van der Waals surface area contributed by atoms with E-state index in [1.54, 1.807) is 24.3 Å². The summed E-state index contributed by atoms with van der Waals surface area (Å²) in [5.74, 6) is -0.659. The quantitative estimate of drug-likeness (QED) is 0.473. The fraction of sp³-hybridized carbons (Fsp3) is 0.583. The average molecular weight is 461 g/mol. The van der Waals surface area contributed by atoms with Crippen LogP contribution in [0.4, 0.5) is 0 Å². The van der Waals surface area contributed by atoms with E-state index in [1.807, 2.05) is 6.26 Å². The van der Waals surface area contributed by atoms with Crippen molar-refractivity contribution in [1.29, 1.82) is 0 Å². The number of fused-ring (bicyclic) bond motifs is 1. The maximum atomic E-state index is 13.0. The molecule has 174 valence electrons. The zero-order valence-corrected chi connectivity index (χ0v) is 19.9. The van der Waals surface area contributed by atoms with Crippen molar-refractivity contribution in [3.05, 3.63) is 35.4 Å². The highest BCUT2D eigenvalue weighted by Crippen LogP contribution is 2.30. The number of esters is 1. The van der Waals surface area contributed by atoms with E-state index in [-0.39, 0.29) is 29.5 Å². The Morgan fingerprint density at radius 3 is 2.38 bits per heavy atom. The first-order valence-corrected chi connectivity index (χ1v) is 12.6. The zero-order chi connectivity index (χ0) is 23.4. The van der Waals surface area contributed by atoms with Crippen LogP contribution in [0.15, 0.2) is 24.3 Å². The van der Waals surface area contributed by atoms with E-state index in [9.17, 15) is 19.2 Å². The monoisotopic (exact) mass is 460 g/mol. The predicted molar refractivity (Wildman–Crippen MR) is 123 cm³/mol. The third-order valence-corrected chi connectivity index (χ3v) is 7.35. The molecule has 3 rings (SSSR count). The molecule has 0 saturated heterocycles. The number of carbonyl (C=O) groups excluding carboxylic acids is 4. The molecule has 3 amide bonds. The summed E-state index contributed by atoms with van der Waals surface area (Å²) in [6.45, 7) is 5.84. The summed E-state index contributed by atoms with van der Waals surface area (Å²) in [6.07, 6.45) is 4.24. The van der Waals surface area contributed by atoms with E-state index < -0.39 is 29.9 Å². The molecule has 0 spiro atoms. The van der Waals surface area contributed by atoms with Crippen LogP contribution in [-0.4, -0.2) is 58.8 Å². The van der Waals surface area contributed by atoms with Crippen molar-refractivity contribution in [3.63, 3.8) is 0 Å². The van der Waals surface area contributed by atoms with Gasteiger partial charge in [0.2, 0.25) is 0 Å². The van der Waals surface area contributed by atoms with Crippen molar-refractivity contribution in [2.24, 2.45) is 11.8 Å². The Hall–Kier alpha value is -2.35. The molecule has 0 aromatic heterocycles. The van der Waals surface area contributed by atoms with E-state index in [1.165, 1.54) is 18.7 Å². The summed E-state index contributed by atoms with van der Waals surface area (Å²) in [7, 11) is 0. The summed E-state index contributed by atoms with van der Waals surface area (Å²) >= 11 is 1.51. The summed E-state index contributed by atoms with van der Waals surface area (Å²) in [6, 6.07) is 5.50. The molecule has 7 nitrogen and oxygen atoms in total. The fourth-order valence-electron chi connectivity index (χ4n) is 4.46. The van der Waals surface area contributed by atoms with Crippen molar-refractivity contribution in [3.8, 4) is 0 Å². The van der Waals surface area contributed by atoms with Crippen LogP contribution in [0, 0.1) is 11.8 Å². The van der Waals surface area contributed by atoms with Gasteiger partial charge in [0.25, 0.3) is 17.7 Å². The lowest BCUT2D eigenvalue weighted by Crippen LogP contribution is -2.50. The van der Waals surface area contributed by atoms with Crippen LogP contribution in [0.2, 0.25) is 0 Å². The smallest absolute Gasteiger partial charge is 0.330 e. The summed E-state index contributed by atoms with van der Waals surface area (Å²) in [5.41, 5.74) is 0.566. The first-order chi connectivity index (χ1) is 15.3. The second-order valence-corrected chi connectivity index (χ2v) is 9.77. The van der Waals surface area contributed by atoms with E-state index in [0.717, 1.165) is 24.2 Å². The Balaban J connectivity index is 1.69. The topological polar surface area (TPSA) is 92.8 Å². The molecule has 5 unspecified atom stereocenters. The third kappa shape index (κ3) is 5.00. The molecule has 1 fully saturated rings. The first-order valence-electron chi connectivity index (χ1n) is 11.2. The first kappa shape index (κ1) is 24.3. The number of amides is 3. The molecule has 1 aromatic carbocycles. The maximum Gasteiger partial charge on any atom is 0.330 e. The van der Waals surface area contributed by atoms with Gasteiger partial charge in [-0.25, -0.2) is 4.79 Å². The second-order valence-electron chi connectivity index (χ2n) is 8.78. The molecule has 5 atom stereocenters. The van der Waals surface area contributed by atoms with Gasteiger partial charge < -0.3 is 10.1 Å². The van der Waals surface area contributed by atoms with Gasteiger partial charge in [-0.3, -0.25) is 19.3 Å². The highest BCUT2D eigenvalue weighted by atomic mass is 32.2. The number of ether oxygens (including phenoxy) is 1. The Morgan fingerprint density at radius 1 is 1.16 bits per heavy atom. The van der Waals surface area contributed by atoms with E-state index in [4.69, 9.17) is 4.74 Å². The lowest BCUT2D eigenvalue weighted by Gasteiger charge is -2.35. The van der Waals surface area contributed by atoms with E-state index in [0.29, 0.717) is 17.6 Å². The molecule has 1 aromatic rings. The Labute approximate surface area is 193 Å². The summed E-state index contributed by atoms with van der Waals surface area (Å²) in [5, 5.41) is 3.02. The van der Waals surface area contributed by atoms with E-state index in [2.05, 4.69) is 19.2 Å². The summed E-state index contributed by atoms with van der Waals surface area (Å²) in [4.78, 5) is 52.5. The molecule has 32 heavy (non-hydrogen) atoms. The third-order valence-electron chi connectivity index (χ3n) is 6.70. The average Bonchev–Trinajstić information content (AvgIpc) is 3.02. The molecule has 0 radical (unpaired) electrons. The zero-order valence-electron chi connectivity index (χ0n) is 19.1. The lowest BCUT2D eigenvalue weighted by atomic mass is 9.78. The normalized spacial score (nSPS) is 24.6. The predicted octanol–water partition coefficient (Wildman–Crippen LogP) is 3.28. The van der Waals surface area contributed by atoms with Gasteiger partial charge in [-0.2, -0.15) is 11.8 Å². The van der Waals surface area contributed by atoms with Crippen LogP contribution < -0.4 is 5.32 Å². The van der Waals surface area contributed by atoms with Crippen LogP contribution in [0.25, 0.3) is 0 Å². The SMILES string of the molecule is CSCCC(C(=O)OC(C)C(=O)NC1CCCC(C)C1C)N1C(=O)c2ccccc2C1=O. The molecular weight excluding hydrogens is 428 g/mol. The van der Waals surface area contributed by atoms with Gasteiger partial charge in [-0.15, -0.1) is 0 Å². The molecule has 1 aliphatic heterocycles. The van der Waals surface area contributed by atoms with Crippen molar-refractivity contribution >= 4 is 35.5 Å². The second kappa shape index (κ2) is 10.5. The van der Waals surface area contributed by atoms with Gasteiger partial charge in [-0.1, -0.05) is 38.8 Å². The maximum absolute atomic E-state index is 13.0. The number of hydrogen-bond acceptors (Lipinski definition) is 6. The minimum Gasteiger partial charge on any atom is -0.451 e.